The van der Waals surface area contributed by atoms with Gasteiger partial charge < -0.3 is 15.0 Å². The summed E-state index contributed by atoms with van der Waals surface area (Å²) in [6.07, 6.45) is 0. The van der Waals surface area contributed by atoms with E-state index in [0.717, 1.165) is 5.82 Å². The van der Waals surface area contributed by atoms with Crippen molar-refractivity contribution < 1.29 is 9.66 Å². The van der Waals surface area contributed by atoms with Crippen LogP contribution in [0.4, 0.5) is 5.69 Å². The number of nitrogens with two attached hydrogens (primary N) is 1. The van der Waals surface area contributed by atoms with Gasteiger partial charge in [-0.15, -0.1) is 10.2 Å². The van der Waals surface area contributed by atoms with E-state index in [9.17, 15) is 10.1 Å². The first-order chi connectivity index (χ1) is 9.52. The average Bonchev–Trinajstić information content (AvgIpc) is 2.76. The molecule has 0 unspecified atom stereocenters. The van der Waals surface area contributed by atoms with E-state index in [1.807, 2.05) is 18.5 Å². The maximum absolute atomic E-state index is 10.7. The summed E-state index contributed by atoms with van der Waals surface area (Å²) in [5, 5.41) is 18.6. The van der Waals surface area contributed by atoms with Crippen LogP contribution < -0.4 is 10.5 Å². The van der Waals surface area contributed by atoms with Crippen LogP contribution in [0, 0.1) is 17.0 Å². The molecule has 0 atom stereocenters. The Morgan fingerprint density at radius 3 is 2.75 bits per heavy atom. The Hall–Kier alpha value is -2.48. The van der Waals surface area contributed by atoms with E-state index in [4.69, 9.17) is 10.5 Å². The maximum Gasteiger partial charge on any atom is 0.270 e. The molecule has 20 heavy (non-hydrogen) atoms. The topological polar surface area (TPSA) is 109 Å². The van der Waals surface area contributed by atoms with Crippen LogP contribution in [0.1, 0.15) is 17.2 Å². The van der Waals surface area contributed by atoms with Gasteiger partial charge in [0.05, 0.1) is 4.92 Å². The number of non-ortho nitro benzene ring substituents is 1. The van der Waals surface area contributed by atoms with Crippen molar-refractivity contribution in [1.82, 2.24) is 14.8 Å². The van der Waals surface area contributed by atoms with Crippen molar-refractivity contribution in [2.24, 2.45) is 12.8 Å². The lowest BCUT2D eigenvalue weighted by molar-refractivity contribution is -0.384. The van der Waals surface area contributed by atoms with Gasteiger partial charge >= 0.3 is 0 Å². The van der Waals surface area contributed by atoms with E-state index in [0.29, 0.717) is 17.1 Å². The normalized spacial score (nSPS) is 10.6. The van der Waals surface area contributed by atoms with Crippen molar-refractivity contribution in [3.05, 3.63) is 45.5 Å². The molecule has 0 saturated heterocycles. The fraction of sp³-hybridized carbons (Fsp3) is 0.333. The lowest BCUT2D eigenvalue weighted by Gasteiger charge is -2.09. The summed E-state index contributed by atoms with van der Waals surface area (Å²) in [6, 6.07) is 4.34. The van der Waals surface area contributed by atoms with Gasteiger partial charge in [-0.2, -0.15) is 0 Å². The molecule has 1 aromatic heterocycles. The summed E-state index contributed by atoms with van der Waals surface area (Å²) >= 11 is 0. The predicted molar refractivity (Wildman–Crippen MR) is 71.1 cm³/mol. The molecule has 2 aromatic rings. The second-order valence-electron chi connectivity index (χ2n) is 4.26. The number of nitrogens with zero attached hydrogens (tertiary/aromatic N) is 4. The zero-order valence-corrected chi connectivity index (χ0v) is 11.2. The SMILES string of the molecule is Cc1nnc(COc2ccc([N+](=O)[O-])cc2CN)n1C. The van der Waals surface area contributed by atoms with E-state index in [1.54, 1.807) is 6.07 Å². The van der Waals surface area contributed by atoms with Gasteiger partial charge in [0.15, 0.2) is 5.82 Å². The summed E-state index contributed by atoms with van der Waals surface area (Å²) in [5.41, 5.74) is 6.16. The van der Waals surface area contributed by atoms with Gasteiger partial charge in [-0.25, -0.2) is 0 Å². The molecule has 0 aliphatic heterocycles. The third-order valence-corrected chi connectivity index (χ3v) is 3.01. The Labute approximate surface area is 115 Å². The number of aryl methyl sites for hydroxylation is 1. The molecule has 0 bridgehead atoms. The minimum Gasteiger partial charge on any atom is -0.485 e. The van der Waals surface area contributed by atoms with Crippen LogP contribution in [-0.4, -0.2) is 19.7 Å². The van der Waals surface area contributed by atoms with Gasteiger partial charge in [-0.3, -0.25) is 10.1 Å². The largest absolute Gasteiger partial charge is 0.485 e. The van der Waals surface area contributed by atoms with Crippen molar-refractivity contribution in [2.75, 3.05) is 0 Å². The molecule has 0 fully saturated rings. The molecule has 1 aromatic carbocycles. The second kappa shape index (κ2) is 5.66. The standard InChI is InChI=1S/C12H15N5O3/c1-8-14-15-12(16(8)2)7-20-11-4-3-10(17(18)19)5-9(11)6-13/h3-5H,6-7,13H2,1-2H3. The Morgan fingerprint density at radius 1 is 1.45 bits per heavy atom. The molecule has 0 radical (unpaired) electrons. The van der Waals surface area contributed by atoms with Crippen LogP contribution in [-0.2, 0) is 20.2 Å². The van der Waals surface area contributed by atoms with Gasteiger partial charge in [0.1, 0.15) is 18.2 Å². The zero-order chi connectivity index (χ0) is 14.7. The highest BCUT2D eigenvalue weighted by Gasteiger charge is 2.12. The second-order valence-corrected chi connectivity index (χ2v) is 4.26. The first kappa shape index (κ1) is 13.9. The molecule has 2 N–H and O–H groups in total. The van der Waals surface area contributed by atoms with Crippen molar-refractivity contribution in [3.63, 3.8) is 0 Å². The number of nitro groups is 1. The fourth-order valence-electron chi connectivity index (χ4n) is 1.70. The molecule has 0 spiro atoms. The van der Waals surface area contributed by atoms with Crippen LogP contribution in [0.25, 0.3) is 0 Å². The summed E-state index contributed by atoms with van der Waals surface area (Å²) in [7, 11) is 1.84. The van der Waals surface area contributed by atoms with Gasteiger partial charge in [0.25, 0.3) is 5.69 Å². The highest BCUT2D eigenvalue weighted by molar-refractivity contribution is 5.43. The molecule has 2 rings (SSSR count). The van der Waals surface area contributed by atoms with Gasteiger partial charge in [0, 0.05) is 31.3 Å². The third kappa shape index (κ3) is 2.75. The smallest absolute Gasteiger partial charge is 0.270 e. The van der Waals surface area contributed by atoms with E-state index in [2.05, 4.69) is 10.2 Å². The van der Waals surface area contributed by atoms with Crippen LogP contribution in [0.15, 0.2) is 18.2 Å². The first-order valence-corrected chi connectivity index (χ1v) is 5.98. The lowest BCUT2D eigenvalue weighted by Crippen LogP contribution is -2.07. The number of rotatable bonds is 5. The molecule has 106 valence electrons. The van der Waals surface area contributed by atoms with Crippen LogP contribution in [0.2, 0.25) is 0 Å². The van der Waals surface area contributed by atoms with Crippen LogP contribution >= 0.6 is 0 Å². The number of benzene rings is 1. The summed E-state index contributed by atoms with van der Waals surface area (Å²) in [6.45, 7) is 2.23. The zero-order valence-electron chi connectivity index (χ0n) is 11.2. The molecule has 8 heteroatoms. The van der Waals surface area contributed by atoms with Crippen molar-refractivity contribution in [1.29, 1.82) is 0 Å². The summed E-state index contributed by atoms with van der Waals surface area (Å²) < 4.78 is 7.43. The average molecular weight is 277 g/mol. The van der Waals surface area contributed by atoms with Crippen LogP contribution in [0.3, 0.4) is 0 Å². The van der Waals surface area contributed by atoms with Crippen LogP contribution in [0.5, 0.6) is 5.75 Å². The van der Waals surface area contributed by atoms with E-state index in [1.165, 1.54) is 12.1 Å². The Balaban J connectivity index is 2.17. The Kier molecular flexibility index (Phi) is 3.94. The minimum atomic E-state index is -0.463. The van der Waals surface area contributed by atoms with Gasteiger partial charge in [-0.1, -0.05) is 0 Å². The Bertz CT molecular complexity index is 638. The monoisotopic (exact) mass is 277 g/mol. The summed E-state index contributed by atoms with van der Waals surface area (Å²) in [4.78, 5) is 10.2. The molecule has 0 aliphatic rings. The van der Waals surface area contributed by atoms with Crippen molar-refractivity contribution in [2.45, 2.75) is 20.1 Å². The highest BCUT2D eigenvalue weighted by atomic mass is 16.6. The number of nitro benzene ring substituents is 1. The maximum atomic E-state index is 10.7. The van der Waals surface area contributed by atoms with E-state index in [-0.39, 0.29) is 18.8 Å². The quantitative estimate of drug-likeness (QED) is 0.646. The summed E-state index contributed by atoms with van der Waals surface area (Å²) in [5.74, 6) is 1.97. The van der Waals surface area contributed by atoms with Crippen molar-refractivity contribution in [3.8, 4) is 5.75 Å². The molecule has 0 aliphatic carbocycles. The Morgan fingerprint density at radius 2 is 2.20 bits per heavy atom. The van der Waals surface area contributed by atoms with E-state index >= 15 is 0 Å². The number of aromatic nitrogens is 3. The van der Waals surface area contributed by atoms with Gasteiger partial charge in [0.2, 0.25) is 0 Å². The highest BCUT2D eigenvalue weighted by Crippen LogP contribution is 2.24. The molecule has 1 heterocycles. The number of hydrogen-bond donors (Lipinski definition) is 1. The first-order valence-electron chi connectivity index (χ1n) is 5.98. The number of ether oxygens (including phenoxy) is 1. The molecule has 8 nitrogen and oxygen atoms in total. The van der Waals surface area contributed by atoms with Gasteiger partial charge in [-0.05, 0) is 13.0 Å². The van der Waals surface area contributed by atoms with E-state index < -0.39 is 4.92 Å². The minimum absolute atomic E-state index is 0.00713. The molecule has 0 saturated carbocycles. The lowest BCUT2D eigenvalue weighted by atomic mass is 10.2. The molecular formula is C12H15N5O3. The molecular weight excluding hydrogens is 262 g/mol. The molecule has 0 amide bonds. The third-order valence-electron chi connectivity index (χ3n) is 3.01. The van der Waals surface area contributed by atoms with Crippen molar-refractivity contribution >= 4 is 5.69 Å². The number of hydrogen-bond acceptors (Lipinski definition) is 6. The predicted octanol–water partition coefficient (Wildman–Crippen LogP) is 1.07. The fourth-order valence-corrected chi connectivity index (χ4v) is 1.70.